The molecule has 120 valence electrons. The van der Waals surface area contributed by atoms with E-state index in [9.17, 15) is 24.4 Å². The minimum atomic E-state index is -1.08. The molecular formula is C15H12ClFN2O4. The Morgan fingerprint density at radius 2 is 2.04 bits per heavy atom. The molecule has 0 bridgehead atoms. The molecule has 0 aliphatic carbocycles. The summed E-state index contributed by atoms with van der Waals surface area (Å²) < 4.78 is 13.1. The van der Waals surface area contributed by atoms with E-state index in [4.69, 9.17) is 11.6 Å². The van der Waals surface area contributed by atoms with E-state index in [0.29, 0.717) is 16.7 Å². The Bertz CT molecular complexity index is 754. The fraction of sp³-hybridized carbons (Fsp3) is 0.133. The molecule has 2 rings (SSSR count). The monoisotopic (exact) mass is 338 g/mol. The summed E-state index contributed by atoms with van der Waals surface area (Å²) in [6.07, 6.45) is -1.08. The minimum absolute atomic E-state index is 0.197. The summed E-state index contributed by atoms with van der Waals surface area (Å²) in [5.41, 5.74) is -0.513. The number of aliphatic hydroxyl groups is 1. The summed E-state index contributed by atoms with van der Waals surface area (Å²) in [5.74, 6) is -1.60. The Balaban J connectivity index is 2.11. The van der Waals surface area contributed by atoms with Gasteiger partial charge >= 0.3 is 0 Å². The molecule has 2 N–H and O–H groups in total. The largest absolute Gasteiger partial charge is 0.387 e. The number of amides is 1. The third-order valence-corrected chi connectivity index (χ3v) is 3.47. The summed E-state index contributed by atoms with van der Waals surface area (Å²) in [4.78, 5) is 22.0. The number of aliphatic hydroxyl groups excluding tert-OH is 1. The fourth-order valence-electron chi connectivity index (χ4n) is 1.99. The smallest absolute Gasteiger partial charge is 0.285 e. The second-order valence-corrected chi connectivity index (χ2v) is 5.07. The number of nitrogens with one attached hydrogen (secondary N) is 1. The van der Waals surface area contributed by atoms with Crippen LogP contribution >= 0.6 is 11.6 Å². The molecule has 0 aliphatic rings. The lowest BCUT2D eigenvalue weighted by atomic mass is 10.1. The Morgan fingerprint density at radius 3 is 2.70 bits per heavy atom. The number of nitrogens with zero attached hydrogens (tertiary/aromatic N) is 1. The SMILES string of the molecule is O=C(NCC(O)c1ccccc1Cl)c1ccc(F)cc1[N+](=O)[O-]. The van der Waals surface area contributed by atoms with Crippen LogP contribution in [0.15, 0.2) is 42.5 Å². The fourth-order valence-corrected chi connectivity index (χ4v) is 2.25. The van der Waals surface area contributed by atoms with Crippen LogP contribution in [-0.2, 0) is 0 Å². The van der Waals surface area contributed by atoms with E-state index in [0.717, 1.165) is 12.1 Å². The van der Waals surface area contributed by atoms with Gasteiger partial charge in [-0.25, -0.2) is 4.39 Å². The Morgan fingerprint density at radius 1 is 1.35 bits per heavy atom. The molecule has 2 aromatic carbocycles. The van der Waals surface area contributed by atoms with Gasteiger partial charge in [0.15, 0.2) is 0 Å². The van der Waals surface area contributed by atoms with Gasteiger partial charge in [-0.15, -0.1) is 0 Å². The Hall–Kier alpha value is -2.51. The van der Waals surface area contributed by atoms with Crippen molar-refractivity contribution < 1.29 is 19.2 Å². The number of hydrogen-bond donors (Lipinski definition) is 2. The molecule has 23 heavy (non-hydrogen) atoms. The summed E-state index contributed by atoms with van der Waals surface area (Å²) >= 11 is 5.93. The molecule has 8 heteroatoms. The summed E-state index contributed by atoms with van der Waals surface area (Å²) in [7, 11) is 0. The van der Waals surface area contributed by atoms with Gasteiger partial charge < -0.3 is 10.4 Å². The molecule has 0 aliphatic heterocycles. The highest BCUT2D eigenvalue weighted by atomic mass is 35.5. The molecular weight excluding hydrogens is 327 g/mol. The maximum Gasteiger partial charge on any atom is 0.285 e. The highest BCUT2D eigenvalue weighted by molar-refractivity contribution is 6.31. The first-order valence-electron chi connectivity index (χ1n) is 6.54. The maximum absolute atomic E-state index is 13.1. The average molecular weight is 339 g/mol. The number of carbonyl (C=O) groups is 1. The van der Waals surface area contributed by atoms with Crippen LogP contribution in [0.2, 0.25) is 5.02 Å². The van der Waals surface area contributed by atoms with Gasteiger partial charge in [0, 0.05) is 17.1 Å². The molecule has 0 aromatic heterocycles. The van der Waals surface area contributed by atoms with Gasteiger partial charge in [-0.05, 0) is 18.2 Å². The molecule has 1 amide bonds. The lowest BCUT2D eigenvalue weighted by Gasteiger charge is -2.13. The molecule has 6 nitrogen and oxygen atoms in total. The van der Waals surface area contributed by atoms with Crippen molar-refractivity contribution >= 4 is 23.2 Å². The highest BCUT2D eigenvalue weighted by Gasteiger charge is 2.22. The van der Waals surface area contributed by atoms with Gasteiger partial charge in [0.1, 0.15) is 11.4 Å². The molecule has 2 aromatic rings. The first kappa shape index (κ1) is 16.9. The van der Waals surface area contributed by atoms with E-state index in [1.807, 2.05) is 0 Å². The van der Waals surface area contributed by atoms with Crippen LogP contribution in [0.1, 0.15) is 22.0 Å². The summed E-state index contributed by atoms with van der Waals surface area (Å²) in [6.45, 7) is -0.197. The molecule has 1 unspecified atom stereocenters. The standard InChI is InChI=1S/C15H12ClFN2O4/c16-12-4-2-1-3-10(12)14(20)8-18-15(21)11-6-5-9(17)7-13(11)19(22)23/h1-7,14,20H,8H2,(H,18,21). The van der Waals surface area contributed by atoms with Crippen LogP contribution in [0.5, 0.6) is 0 Å². The normalized spacial score (nSPS) is 11.8. The van der Waals surface area contributed by atoms with E-state index in [2.05, 4.69) is 5.32 Å². The van der Waals surface area contributed by atoms with Crippen LogP contribution in [0.25, 0.3) is 0 Å². The first-order valence-corrected chi connectivity index (χ1v) is 6.92. The Kier molecular flexibility index (Phi) is 5.25. The summed E-state index contributed by atoms with van der Waals surface area (Å²) in [5, 5.41) is 23.6. The van der Waals surface area contributed by atoms with Crippen molar-refractivity contribution in [3.05, 3.63) is 74.5 Å². The van der Waals surface area contributed by atoms with Crippen molar-refractivity contribution in [3.8, 4) is 0 Å². The number of rotatable bonds is 5. The zero-order valence-electron chi connectivity index (χ0n) is 11.7. The maximum atomic E-state index is 13.1. The molecule has 1 atom stereocenters. The number of hydrogen-bond acceptors (Lipinski definition) is 4. The van der Waals surface area contributed by atoms with Crippen molar-refractivity contribution in [2.45, 2.75) is 6.10 Å². The molecule has 0 saturated heterocycles. The van der Waals surface area contributed by atoms with Crippen LogP contribution < -0.4 is 5.32 Å². The van der Waals surface area contributed by atoms with Crippen molar-refractivity contribution in [1.29, 1.82) is 0 Å². The zero-order valence-corrected chi connectivity index (χ0v) is 12.5. The molecule has 0 spiro atoms. The predicted octanol–water partition coefficient (Wildman–Crippen LogP) is 2.85. The highest BCUT2D eigenvalue weighted by Crippen LogP contribution is 2.23. The van der Waals surface area contributed by atoms with Crippen LogP contribution in [0.4, 0.5) is 10.1 Å². The lowest BCUT2D eigenvalue weighted by molar-refractivity contribution is -0.385. The number of halogens is 2. The second-order valence-electron chi connectivity index (χ2n) is 4.67. The van der Waals surface area contributed by atoms with Gasteiger partial charge in [0.2, 0.25) is 0 Å². The predicted molar refractivity (Wildman–Crippen MR) is 81.8 cm³/mol. The van der Waals surface area contributed by atoms with Crippen molar-refractivity contribution in [1.82, 2.24) is 5.32 Å². The third kappa shape index (κ3) is 4.02. The number of carbonyl (C=O) groups excluding carboxylic acids is 1. The number of benzene rings is 2. The average Bonchev–Trinajstić information content (AvgIpc) is 2.52. The Labute approximate surface area is 135 Å². The van der Waals surface area contributed by atoms with E-state index >= 15 is 0 Å². The quantitative estimate of drug-likeness (QED) is 0.647. The van der Waals surface area contributed by atoms with Crippen LogP contribution in [-0.4, -0.2) is 22.5 Å². The van der Waals surface area contributed by atoms with Crippen LogP contribution in [0, 0.1) is 15.9 Å². The van der Waals surface area contributed by atoms with Gasteiger partial charge in [-0.3, -0.25) is 14.9 Å². The lowest BCUT2D eigenvalue weighted by Crippen LogP contribution is -2.29. The van der Waals surface area contributed by atoms with Gasteiger partial charge in [0.25, 0.3) is 11.6 Å². The van der Waals surface area contributed by atoms with E-state index in [1.165, 1.54) is 0 Å². The van der Waals surface area contributed by atoms with Gasteiger partial charge in [0.05, 0.1) is 17.1 Å². The number of nitro groups is 1. The van der Waals surface area contributed by atoms with Gasteiger partial charge in [-0.1, -0.05) is 29.8 Å². The van der Waals surface area contributed by atoms with Crippen molar-refractivity contribution in [2.24, 2.45) is 0 Å². The van der Waals surface area contributed by atoms with Crippen molar-refractivity contribution in [3.63, 3.8) is 0 Å². The molecule has 0 fully saturated rings. The van der Waals surface area contributed by atoms with E-state index in [1.54, 1.807) is 24.3 Å². The topological polar surface area (TPSA) is 92.5 Å². The number of nitro benzene ring substituents is 1. The van der Waals surface area contributed by atoms with Crippen molar-refractivity contribution in [2.75, 3.05) is 6.54 Å². The van der Waals surface area contributed by atoms with Crippen LogP contribution in [0.3, 0.4) is 0 Å². The molecule has 0 saturated carbocycles. The second kappa shape index (κ2) is 7.17. The first-order chi connectivity index (χ1) is 10.9. The third-order valence-electron chi connectivity index (χ3n) is 3.12. The summed E-state index contributed by atoms with van der Waals surface area (Å²) in [6, 6.07) is 9.19. The zero-order chi connectivity index (χ0) is 17.0. The molecule has 0 radical (unpaired) electrons. The van der Waals surface area contributed by atoms with E-state index < -0.39 is 28.4 Å². The molecule has 0 heterocycles. The van der Waals surface area contributed by atoms with Gasteiger partial charge in [-0.2, -0.15) is 0 Å². The minimum Gasteiger partial charge on any atom is -0.387 e. The van der Waals surface area contributed by atoms with E-state index in [-0.39, 0.29) is 12.1 Å².